The first-order valence-corrected chi connectivity index (χ1v) is 9.36. The van der Waals surface area contributed by atoms with Crippen LogP contribution in [-0.4, -0.2) is 23.3 Å². The molecule has 1 aromatic heterocycles. The highest BCUT2D eigenvalue weighted by atomic mass is 35.5. The SMILES string of the molecule is Cc1ccc2[nH]c(C(=O)NCC3CC3)c(NC(=O)c3ccc(Cl)cc3)c2c1. The second-order valence-corrected chi connectivity index (χ2v) is 7.47. The van der Waals surface area contributed by atoms with Crippen LogP contribution in [0.2, 0.25) is 5.02 Å². The average Bonchev–Trinajstić information content (AvgIpc) is 3.42. The van der Waals surface area contributed by atoms with E-state index >= 15 is 0 Å². The van der Waals surface area contributed by atoms with Crippen molar-refractivity contribution >= 4 is 40.0 Å². The maximum atomic E-state index is 12.7. The van der Waals surface area contributed by atoms with Crippen LogP contribution in [0.25, 0.3) is 10.9 Å². The first-order chi connectivity index (χ1) is 13.0. The summed E-state index contributed by atoms with van der Waals surface area (Å²) in [5.41, 5.74) is 3.21. The maximum absolute atomic E-state index is 12.7. The summed E-state index contributed by atoms with van der Waals surface area (Å²) in [5.74, 6) is 0.0835. The van der Waals surface area contributed by atoms with E-state index in [1.165, 1.54) is 0 Å². The molecular formula is C21H20ClN3O2. The molecule has 0 spiro atoms. The summed E-state index contributed by atoms with van der Waals surface area (Å²) in [6, 6.07) is 12.5. The van der Waals surface area contributed by atoms with Crippen LogP contribution >= 0.6 is 11.6 Å². The van der Waals surface area contributed by atoms with Crippen LogP contribution in [0.4, 0.5) is 5.69 Å². The van der Waals surface area contributed by atoms with E-state index in [1.54, 1.807) is 24.3 Å². The number of carbonyl (C=O) groups is 2. The molecule has 2 amide bonds. The predicted octanol–water partition coefficient (Wildman–Crippen LogP) is 4.52. The number of anilines is 1. The molecule has 0 radical (unpaired) electrons. The molecule has 0 aliphatic heterocycles. The smallest absolute Gasteiger partial charge is 0.269 e. The zero-order valence-electron chi connectivity index (χ0n) is 14.9. The van der Waals surface area contributed by atoms with E-state index in [0.29, 0.717) is 34.4 Å². The normalized spacial score (nSPS) is 13.6. The van der Waals surface area contributed by atoms with Crippen molar-refractivity contribution in [3.63, 3.8) is 0 Å². The fourth-order valence-electron chi connectivity index (χ4n) is 3.04. The molecule has 2 aromatic carbocycles. The quantitative estimate of drug-likeness (QED) is 0.607. The van der Waals surface area contributed by atoms with Gasteiger partial charge < -0.3 is 15.6 Å². The fraction of sp³-hybridized carbons (Fsp3) is 0.238. The molecule has 138 valence electrons. The largest absolute Gasteiger partial charge is 0.350 e. The minimum Gasteiger partial charge on any atom is -0.350 e. The topological polar surface area (TPSA) is 74.0 Å². The number of hydrogen-bond acceptors (Lipinski definition) is 2. The van der Waals surface area contributed by atoms with Crippen molar-refractivity contribution < 1.29 is 9.59 Å². The third-order valence-electron chi connectivity index (χ3n) is 4.77. The van der Waals surface area contributed by atoms with Gasteiger partial charge in [0.15, 0.2) is 0 Å². The van der Waals surface area contributed by atoms with Crippen molar-refractivity contribution in [2.75, 3.05) is 11.9 Å². The Morgan fingerprint density at radius 1 is 1.11 bits per heavy atom. The number of halogens is 1. The molecule has 1 saturated carbocycles. The first-order valence-electron chi connectivity index (χ1n) is 8.98. The first kappa shape index (κ1) is 17.6. The van der Waals surface area contributed by atoms with Crippen LogP contribution in [0.5, 0.6) is 0 Å². The number of carbonyl (C=O) groups excluding carboxylic acids is 2. The zero-order valence-corrected chi connectivity index (χ0v) is 15.7. The summed E-state index contributed by atoms with van der Waals surface area (Å²) in [5, 5.41) is 7.24. The van der Waals surface area contributed by atoms with E-state index in [9.17, 15) is 9.59 Å². The number of rotatable bonds is 5. The van der Waals surface area contributed by atoms with Gasteiger partial charge in [-0.15, -0.1) is 0 Å². The van der Waals surface area contributed by atoms with Crippen molar-refractivity contribution in [2.45, 2.75) is 19.8 Å². The summed E-state index contributed by atoms with van der Waals surface area (Å²) in [6.45, 7) is 2.64. The molecule has 0 unspecified atom stereocenters. The Balaban J connectivity index is 1.68. The van der Waals surface area contributed by atoms with Crippen LogP contribution < -0.4 is 10.6 Å². The molecule has 1 fully saturated rings. The maximum Gasteiger partial charge on any atom is 0.269 e. The van der Waals surface area contributed by atoms with Gasteiger partial charge in [0.25, 0.3) is 11.8 Å². The molecule has 5 nitrogen and oxygen atoms in total. The molecule has 4 rings (SSSR count). The lowest BCUT2D eigenvalue weighted by molar-refractivity contribution is 0.0948. The minimum absolute atomic E-state index is 0.206. The summed E-state index contributed by atoms with van der Waals surface area (Å²) < 4.78 is 0. The van der Waals surface area contributed by atoms with Crippen molar-refractivity contribution in [3.8, 4) is 0 Å². The van der Waals surface area contributed by atoms with Crippen LogP contribution in [0, 0.1) is 12.8 Å². The second kappa shape index (κ2) is 7.08. The number of aryl methyl sites for hydroxylation is 1. The van der Waals surface area contributed by atoms with Gasteiger partial charge >= 0.3 is 0 Å². The van der Waals surface area contributed by atoms with E-state index in [2.05, 4.69) is 15.6 Å². The molecule has 0 bridgehead atoms. The number of aromatic amines is 1. The molecule has 1 aliphatic carbocycles. The number of H-pyrrole nitrogens is 1. The summed E-state index contributed by atoms with van der Waals surface area (Å²) in [6.07, 6.45) is 2.32. The molecule has 6 heteroatoms. The van der Waals surface area contributed by atoms with Crippen molar-refractivity contribution in [1.29, 1.82) is 0 Å². The average molecular weight is 382 g/mol. The van der Waals surface area contributed by atoms with Gasteiger partial charge in [-0.3, -0.25) is 9.59 Å². The Bertz CT molecular complexity index is 1020. The van der Waals surface area contributed by atoms with Crippen molar-refractivity contribution in [3.05, 3.63) is 64.3 Å². The Morgan fingerprint density at radius 2 is 1.85 bits per heavy atom. The Hall–Kier alpha value is -2.79. The van der Waals surface area contributed by atoms with E-state index in [4.69, 9.17) is 11.6 Å². The molecule has 3 aromatic rings. The highest BCUT2D eigenvalue weighted by Crippen LogP contribution is 2.31. The molecule has 1 aliphatic rings. The number of hydrogen-bond donors (Lipinski definition) is 3. The summed E-state index contributed by atoms with van der Waals surface area (Å²) in [4.78, 5) is 28.6. The van der Waals surface area contributed by atoms with Gasteiger partial charge in [-0.05, 0) is 62.1 Å². The minimum atomic E-state index is -0.287. The lowest BCUT2D eigenvalue weighted by atomic mass is 10.1. The van der Waals surface area contributed by atoms with E-state index < -0.39 is 0 Å². The molecule has 3 N–H and O–H groups in total. The van der Waals surface area contributed by atoms with E-state index in [-0.39, 0.29) is 11.8 Å². The monoisotopic (exact) mass is 381 g/mol. The number of aromatic nitrogens is 1. The zero-order chi connectivity index (χ0) is 19.0. The standard InChI is InChI=1S/C21H20ClN3O2/c1-12-2-9-17-16(10-12)18(19(24-17)21(27)23-11-13-3-4-13)25-20(26)14-5-7-15(22)8-6-14/h2,5-10,13,24H,3-4,11H2,1H3,(H,23,27)(H,25,26). The fourth-order valence-corrected chi connectivity index (χ4v) is 3.17. The third-order valence-corrected chi connectivity index (χ3v) is 5.03. The van der Waals surface area contributed by atoms with Gasteiger partial charge in [-0.1, -0.05) is 23.2 Å². The van der Waals surface area contributed by atoms with Crippen LogP contribution in [0.15, 0.2) is 42.5 Å². The van der Waals surface area contributed by atoms with Gasteiger partial charge in [-0.2, -0.15) is 0 Å². The Kier molecular flexibility index (Phi) is 4.62. The number of fused-ring (bicyclic) bond motifs is 1. The number of benzene rings is 2. The van der Waals surface area contributed by atoms with Crippen LogP contribution in [0.1, 0.15) is 39.3 Å². The predicted molar refractivity (Wildman–Crippen MR) is 107 cm³/mol. The van der Waals surface area contributed by atoms with Gasteiger partial charge in [-0.25, -0.2) is 0 Å². The molecule has 0 saturated heterocycles. The molecule has 0 atom stereocenters. The highest BCUT2D eigenvalue weighted by molar-refractivity contribution is 6.30. The lowest BCUT2D eigenvalue weighted by Gasteiger charge is -2.09. The number of nitrogens with one attached hydrogen (secondary N) is 3. The van der Waals surface area contributed by atoms with Crippen LogP contribution in [0.3, 0.4) is 0 Å². The lowest BCUT2D eigenvalue weighted by Crippen LogP contribution is -2.27. The molecule has 1 heterocycles. The van der Waals surface area contributed by atoms with E-state index in [0.717, 1.165) is 29.3 Å². The Morgan fingerprint density at radius 3 is 2.56 bits per heavy atom. The summed E-state index contributed by atoms with van der Waals surface area (Å²) >= 11 is 5.90. The second-order valence-electron chi connectivity index (χ2n) is 7.04. The molecule has 27 heavy (non-hydrogen) atoms. The van der Waals surface area contributed by atoms with E-state index in [1.807, 2.05) is 25.1 Å². The summed E-state index contributed by atoms with van der Waals surface area (Å²) in [7, 11) is 0. The molecular weight excluding hydrogens is 362 g/mol. The van der Waals surface area contributed by atoms with Crippen molar-refractivity contribution in [2.24, 2.45) is 5.92 Å². The van der Waals surface area contributed by atoms with Crippen molar-refractivity contribution in [1.82, 2.24) is 10.3 Å². The van der Waals surface area contributed by atoms with Gasteiger partial charge in [0.05, 0.1) is 5.69 Å². The van der Waals surface area contributed by atoms with Gasteiger partial charge in [0.2, 0.25) is 0 Å². The highest BCUT2D eigenvalue weighted by Gasteiger charge is 2.24. The van der Waals surface area contributed by atoms with Gasteiger partial charge in [0.1, 0.15) is 5.69 Å². The van der Waals surface area contributed by atoms with Gasteiger partial charge in [0, 0.05) is 28.0 Å². The number of amides is 2. The Labute approximate surface area is 162 Å². The van der Waals surface area contributed by atoms with Crippen LogP contribution in [-0.2, 0) is 0 Å². The third kappa shape index (κ3) is 3.83.